The number of nitro benzene ring substituents is 1. The van der Waals surface area contributed by atoms with Crippen LogP contribution in [0.4, 0.5) is 16.0 Å². The van der Waals surface area contributed by atoms with Crippen molar-refractivity contribution in [1.82, 2.24) is 14.9 Å². The van der Waals surface area contributed by atoms with E-state index in [-0.39, 0.29) is 17.5 Å². The fourth-order valence-electron chi connectivity index (χ4n) is 3.26. The number of hydrogen-bond acceptors (Lipinski definition) is 6. The number of amides is 1. The van der Waals surface area contributed by atoms with Crippen molar-refractivity contribution in [3.05, 3.63) is 70.2 Å². The van der Waals surface area contributed by atoms with Crippen LogP contribution < -0.4 is 5.32 Å². The monoisotopic (exact) mass is 381 g/mol. The number of hydrogen-bond donors (Lipinski definition) is 1. The molecule has 142 valence electrons. The molecule has 4 rings (SSSR count). The summed E-state index contributed by atoms with van der Waals surface area (Å²) in [5, 5.41) is 14.9. The van der Waals surface area contributed by atoms with Gasteiger partial charge in [-0.3, -0.25) is 14.9 Å². The number of anilines is 1. The van der Waals surface area contributed by atoms with Crippen LogP contribution in [0.15, 0.2) is 48.7 Å². The Kier molecular flexibility index (Phi) is 4.56. The van der Waals surface area contributed by atoms with Crippen molar-refractivity contribution in [3.8, 4) is 0 Å². The van der Waals surface area contributed by atoms with Crippen molar-refractivity contribution in [1.29, 1.82) is 0 Å². The molecule has 0 aliphatic carbocycles. The molecule has 1 amide bonds. The second kappa shape index (κ2) is 7.18. The second-order valence-corrected chi connectivity index (χ2v) is 6.56. The molecule has 0 saturated carbocycles. The van der Waals surface area contributed by atoms with Gasteiger partial charge in [-0.15, -0.1) is 0 Å². The van der Waals surface area contributed by atoms with Crippen molar-refractivity contribution >= 4 is 28.4 Å². The van der Waals surface area contributed by atoms with E-state index in [4.69, 9.17) is 0 Å². The van der Waals surface area contributed by atoms with Crippen LogP contribution >= 0.6 is 0 Å². The van der Waals surface area contributed by atoms with Crippen molar-refractivity contribution in [2.45, 2.75) is 12.5 Å². The van der Waals surface area contributed by atoms with Crippen LogP contribution in [0.3, 0.4) is 0 Å². The van der Waals surface area contributed by atoms with Crippen molar-refractivity contribution in [2.75, 3.05) is 18.4 Å². The Morgan fingerprint density at radius 1 is 1.29 bits per heavy atom. The van der Waals surface area contributed by atoms with E-state index in [2.05, 4.69) is 15.3 Å². The smallest absolute Gasteiger partial charge is 0.304 e. The number of nitro groups is 1. The molecule has 2 heterocycles. The third kappa shape index (κ3) is 3.46. The minimum Gasteiger partial charge on any atom is -0.350 e. The first kappa shape index (κ1) is 17.8. The number of para-hydroxylation sites is 1. The predicted molar refractivity (Wildman–Crippen MR) is 101 cm³/mol. The van der Waals surface area contributed by atoms with Crippen LogP contribution in [0, 0.1) is 15.9 Å². The number of fused-ring (bicyclic) bond motifs is 1. The maximum atomic E-state index is 13.8. The number of carbonyl (C=O) groups excluding carboxylic acids is 1. The molecule has 0 radical (unpaired) electrons. The summed E-state index contributed by atoms with van der Waals surface area (Å²) >= 11 is 0. The van der Waals surface area contributed by atoms with Gasteiger partial charge in [0.2, 0.25) is 11.8 Å². The van der Waals surface area contributed by atoms with E-state index in [1.165, 1.54) is 6.07 Å². The van der Waals surface area contributed by atoms with Crippen LogP contribution in [-0.2, 0) is 0 Å². The zero-order chi connectivity index (χ0) is 19.7. The highest BCUT2D eigenvalue weighted by molar-refractivity contribution is 5.94. The van der Waals surface area contributed by atoms with Gasteiger partial charge in [0.1, 0.15) is 0 Å². The van der Waals surface area contributed by atoms with Gasteiger partial charge in [0.15, 0.2) is 0 Å². The summed E-state index contributed by atoms with van der Waals surface area (Å²) in [5.41, 5.74) is 0.268. The Morgan fingerprint density at radius 2 is 2.11 bits per heavy atom. The Balaban J connectivity index is 1.43. The third-order valence-electron chi connectivity index (χ3n) is 4.69. The van der Waals surface area contributed by atoms with E-state index < -0.39 is 16.4 Å². The molecule has 9 heteroatoms. The molecular formula is C19H16FN5O3. The molecule has 0 bridgehead atoms. The first-order valence-electron chi connectivity index (χ1n) is 8.73. The fraction of sp³-hybridized carbons (Fsp3) is 0.211. The van der Waals surface area contributed by atoms with E-state index in [0.29, 0.717) is 25.5 Å². The van der Waals surface area contributed by atoms with Gasteiger partial charge in [-0.05, 0) is 24.6 Å². The molecule has 1 saturated heterocycles. The van der Waals surface area contributed by atoms with Gasteiger partial charge in [0, 0.05) is 42.3 Å². The molecular weight excluding hydrogens is 365 g/mol. The Bertz CT molecular complexity index is 1070. The third-order valence-corrected chi connectivity index (χ3v) is 4.69. The quantitative estimate of drug-likeness (QED) is 0.551. The van der Waals surface area contributed by atoms with Gasteiger partial charge in [-0.1, -0.05) is 18.2 Å². The zero-order valence-corrected chi connectivity index (χ0v) is 14.7. The molecule has 0 spiro atoms. The first-order chi connectivity index (χ1) is 13.5. The lowest BCUT2D eigenvalue weighted by Crippen LogP contribution is -2.32. The summed E-state index contributed by atoms with van der Waals surface area (Å²) in [6.07, 6.45) is 2.43. The Morgan fingerprint density at radius 3 is 2.89 bits per heavy atom. The van der Waals surface area contributed by atoms with Gasteiger partial charge >= 0.3 is 5.69 Å². The lowest BCUT2D eigenvalue weighted by atomic mass is 10.1. The number of rotatable bonds is 4. The summed E-state index contributed by atoms with van der Waals surface area (Å²) in [6, 6.07) is 10.8. The van der Waals surface area contributed by atoms with Crippen LogP contribution in [0.25, 0.3) is 10.9 Å². The summed E-state index contributed by atoms with van der Waals surface area (Å²) in [6.45, 7) is 0.899. The van der Waals surface area contributed by atoms with E-state index in [1.807, 2.05) is 24.3 Å². The highest BCUT2D eigenvalue weighted by Crippen LogP contribution is 2.22. The highest BCUT2D eigenvalue weighted by atomic mass is 19.1. The molecule has 8 nitrogen and oxygen atoms in total. The molecule has 1 fully saturated rings. The summed E-state index contributed by atoms with van der Waals surface area (Å²) < 4.78 is 13.8. The first-order valence-corrected chi connectivity index (χ1v) is 8.73. The summed E-state index contributed by atoms with van der Waals surface area (Å²) in [5.74, 6) is -0.897. The van der Waals surface area contributed by atoms with Crippen LogP contribution in [0.5, 0.6) is 0 Å². The number of carbonyl (C=O) groups is 1. The Labute approximate surface area is 159 Å². The fourth-order valence-corrected chi connectivity index (χ4v) is 3.26. The summed E-state index contributed by atoms with van der Waals surface area (Å²) in [7, 11) is 0. The van der Waals surface area contributed by atoms with Gasteiger partial charge in [0.05, 0.1) is 10.4 Å². The topological polar surface area (TPSA) is 101 Å². The molecule has 1 aliphatic rings. The molecule has 1 aromatic heterocycles. The van der Waals surface area contributed by atoms with E-state index in [0.717, 1.165) is 23.0 Å². The van der Waals surface area contributed by atoms with E-state index in [1.54, 1.807) is 11.1 Å². The van der Waals surface area contributed by atoms with Gasteiger partial charge in [-0.2, -0.15) is 4.39 Å². The van der Waals surface area contributed by atoms with Crippen molar-refractivity contribution in [3.63, 3.8) is 0 Å². The second-order valence-electron chi connectivity index (χ2n) is 6.56. The average molecular weight is 381 g/mol. The lowest BCUT2D eigenvalue weighted by Gasteiger charge is -2.17. The number of benzene rings is 2. The highest BCUT2D eigenvalue weighted by Gasteiger charge is 2.28. The van der Waals surface area contributed by atoms with E-state index in [9.17, 15) is 19.3 Å². The molecule has 1 aliphatic heterocycles. The predicted octanol–water partition coefficient (Wildman–Crippen LogP) is 3.00. The maximum absolute atomic E-state index is 13.8. The number of nitrogens with one attached hydrogen (secondary N) is 1. The minimum absolute atomic E-state index is 0.0343. The molecule has 0 unspecified atom stereocenters. The van der Waals surface area contributed by atoms with Crippen LogP contribution in [0.1, 0.15) is 16.8 Å². The largest absolute Gasteiger partial charge is 0.350 e. The summed E-state index contributed by atoms with van der Waals surface area (Å²) in [4.78, 5) is 32.8. The normalized spacial score (nSPS) is 16.3. The molecule has 1 N–H and O–H groups in total. The number of halogens is 1. The van der Waals surface area contributed by atoms with E-state index >= 15 is 0 Å². The Hall–Kier alpha value is -3.62. The minimum atomic E-state index is -1.02. The molecule has 1 atom stereocenters. The number of nitrogens with zero attached hydrogens (tertiary/aromatic N) is 4. The molecule has 28 heavy (non-hydrogen) atoms. The maximum Gasteiger partial charge on any atom is 0.304 e. The van der Waals surface area contributed by atoms with Crippen molar-refractivity contribution in [2.24, 2.45) is 0 Å². The lowest BCUT2D eigenvalue weighted by molar-refractivity contribution is -0.387. The van der Waals surface area contributed by atoms with Crippen LogP contribution in [-0.4, -0.2) is 44.8 Å². The standard InChI is InChI=1S/C19H16FN5O3/c20-15-9-12(5-6-17(15)25(27)28)18(26)24-8-7-14(11-24)22-19-21-10-13-3-1-2-4-16(13)23-19/h1-6,9-10,14H,7-8,11H2,(H,21,22,23)/t14-/m0/s1. The van der Waals surface area contributed by atoms with Gasteiger partial charge in [-0.25, -0.2) is 9.97 Å². The SMILES string of the molecule is O=C(c1ccc([N+](=O)[O-])c(F)c1)N1CC[C@H](Nc2ncc3ccccc3n2)C1. The molecule has 3 aromatic rings. The number of aromatic nitrogens is 2. The van der Waals surface area contributed by atoms with Crippen LogP contribution in [0.2, 0.25) is 0 Å². The average Bonchev–Trinajstić information content (AvgIpc) is 3.15. The van der Waals surface area contributed by atoms with Gasteiger partial charge < -0.3 is 10.2 Å². The molecule has 2 aromatic carbocycles. The zero-order valence-electron chi connectivity index (χ0n) is 14.7. The van der Waals surface area contributed by atoms with Gasteiger partial charge in [0.25, 0.3) is 5.91 Å². The van der Waals surface area contributed by atoms with Crippen molar-refractivity contribution < 1.29 is 14.1 Å². The number of likely N-dealkylation sites (tertiary alicyclic amines) is 1.